The van der Waals surface area contributed by atoms with Crippen LogP contribution >= 0.6 is 11.3 Å². The van der Waals surface area contributed by atoms with Gasteiger partial charge in [-0.1, -0.05) is 55.5 Å². The van der Waals surface area contributed by atoms with Crippen molar-refractivity contribution in [2.45, 2.75) is 39.7 Å². The summed E-state index contributed by atoms with van der Waals surface area (Å²) in [7, 11) is 0. The van der Waals surface area contributed by atoms with E-state index in [1.54, 1.807) is 36.9 Å². The lowest BCUT2D eigenvalue weighted by Gasteiger charge is -2.25. The van der Waals surface area contributed by atoms with Crippen LogP contribution in [0.3, 0.4) is 0 Å². The number of ether oxygens (including phenoxy) is 1. The zero-order valence-electron chi connectivity index (χ0n) is 18.5. The van der Waals surface area contributed by atoms with E-state index < -0.39 is 12.0 Å². The zero-order chi connectivity index (χ0) is 22.8. The first-order valence-electron chi connectivity index (χ1n) is 10.6. The van der Waals surface area contributed by atoms with Gasteiger partial charge < -0.3 is 4.74 Å². The first-order valence-corrected chi connectivity index (χ1v) is 11.4. The quantitative estimate of drug-likeness (QED) is 0.563. The number of thiazole rings is 1. The van der Waals surface area contributed by atoms with Gasteiger partial charge in [-0.2, -0.15) is 0 Å². The Morgan fingerprint density at radius 2 is 2.00 bits per heavy atom. The molecule has 0 amide bonds. The van der Waals surface area contributed by atoms with Crippen molar-refractivity contribution >= 4 is 23.4 Å². The van der Waals surface area contributed by atoms with E-state index >= 15 is 0 Å². The minimum atomic E-state index is -0.595. The lowest BCUT2D eigenvalue weighted by Crippen LogP contribution is -2.39. The highest BCUT2D eigenvalue weighted by Crippen LogP contribution is 2.31. The number of carbonyl (C=O) groups excluding carboxylic acids is 1. The maximum Gasteiger partial charge on any atom is 0.338 e. The number of pyridine rings is 1. The number of rotatable bonds is 5. The molecule has 1 aliphatic heterocycles. The third-order valence-corrected chi connectivity index (χ3v) is 6.40. The SMILES string of the molecule is CCOC(=O)C1=C(C)N=c2s/c(=C/c3cccnc3)c(=O)n2C1c1ccc(C(C)C)cc1. The molecule has 0 aliphatic carbocycles. The van der Waals surface area contributed by atoms with Crippen molar-refractivity contribution in [3.05, 3.63) is 96.4 Å². The van der Waals surface area contributed by atoms with Crippen molar-refractivity contribution in [3.63, 3.8) is 0 Å². The van der Waals surface area contributed by atoms with Crippen LogP contribution in [0.1, 0.15) is 56.3 Å². The fourth-order valence-corrected chi connectivity index (χ4v) is 4.83. The molecule has 32 heavy (non-hydrogen) atoms. The Hall–Kier alpha value is -3.32. The molecule has 4 rings (SSSR count). The molecule has 2 aromatic heterocycles. The minimum Gasteiger partial charge on any atom is -0.463 e. The second kappa shape index (κ2) is 9.04. The number of aromatic nitrogens is 2. The van der Waals surface area contributed by atoms with Crippen molar-refractivity contribution in [2.24, 2.45) is 4.99 Å². The van der Waals surface area contributed by atoms with E-state index in [-0.39, 0.29) is 12.2 Å². The number of hydrogen-bond acceptors (Lipinski definition) is 6. The van der Waals surface area contributed by atoms with Crippen LogP contribution in [-0.4, -0.2) is 22.1 Å². The average Bonchev–Trinajstić information content (AvgIpc) is 3.08. The van der Waals surface area contributed by atoms with Crippen LogP contribution in [0.25, 0.3) is 6.08 Å². The van der Waals surface area contributed by atoms with Crippen molar-refractivity contribution < 1.29 is 9.53 Å². The highest BCUT2D eigenvalue weighted by Gasteiger charge is 2.33. The van der Waals surface area contributed by atoms with Crippen LogP contribution in [-0.2, 0) is 9.53 Å². The van der Waals surface area contributed by atoms with Gasteiger partial charge in [-0.25, -0.2) is 9.79 Å². The third kappa shape index (κ3) is 4.08. The smallest absolute Gasteiger partial charge is 0.338 e. The van der Waals surface area contributed by atoms with Crippen LogP contribution < -0.4 is 14.9 Å². The summed E-state index contributed by atoms with van der Waals surface area (Å²) in [5.74, 6) is -0.0689. The van der Waals surface area contributed by atoms with Crippen LogP contribution in [0.15, 0.2) is 69.8 Å². The Morgan fingerprint density at radius 1 is 1.25 bits per heavy atom. The molecule has 7 heteroatoms. The molecular weight excluding hydrogens is 422 g/mol. The van der Waals surface area contributed by atoms with Gasteiger partial charge >= 0.3 is 5.97 Å². The number of fused-ring (bicyclic) bond motifs is 1. The second-order valence-electron chi connectivity index (χ2n) is 7.91. The van der Waals surface area contributed by atoms with Gasteiger partial charge in [0, 0.05) is 12.4 Å². The second-order valence-corrected chi connectivity index (χ2v) is 8.92. The molecule has 3 aromatic rings. The minimum absolute atomic E-state index is 0.190. The molecule has 0 bridgehead atoms. The van der Waals surface area contributed by atoms with Crippen molar-refractivity contribution in [3.8, 4) is 0 Å². The molecular formula is C25H25N3O3S. The number of allylic oxidation sites excluding steroid dienone is 1. The molecule has 1 unspecified atom stereocenters. The summed E-state index contributed by atoms with van der Waals surface area (Å²) in [5, 5.41) is 0. The maximum absolute atomic E-state index is 13.5. The van der Waals surface area contributed by atoms with E-state index in [9.17, 15) is 9.59 Å². The summed E-state index contributed by atoms with van der Waals surface area (Å²) >= 11 is 1.31. The molecule has 0 saturated carbocycles. The first-order chi connectivity index (χ1) is 15.4. The van der Waals surface area contributed by atoms with E-state index in [2.05, 4.69) is 23.8 Å². The van der Waals surface area contributed by atoms with Gasteiger partial charge in [0.05, 0.1) is 28.5 Å². The van der Waals surface area contributed by atoms with Gasteiger partial charge in [-0.15, -0.1) is 0 Å². The van der Waals surface area contributed by atoms with Gasteiger partial charge in [-0.05, 0) is 48.6 Å². The lowest BCUT2D eigenvalue weighted by molar-refractivity contribution is -0.139. The van der Waals surface area contributed by atoms with Crippen LogP contribution in [0.2, 0.25) is 0 Å². The highest BCUT2D eigenvalue weighted by molar-refractivity contribution is 7.07. The number of carbonyl (C=O) groups is 1. The monoisotopic (exact) mass is 447 g/mol. The molecule has 0 N–H and O–H groups in total. The Morgan fingerprint density at radius 3 is 2.62 bits per heavy atom. The molecule has 0 fully saturated rings. The molecule has 0 radical (unpaired) electrons. The van der Waals surface area contributed by atoms with Gasteiger partial charge in [0.2, 0.25) is 0 Å². The Labute approximate surface area is 190 Å². The molecule has 6 nitrogen and oxygen atoms in total. The van der Waals surface area contributed by atoms with E-state index in [1.807, 2.05) is 36.4 Å². The molecule has 3 heterocycles. The molecule has 0 spiro atoms. The summed E-state index contributed by atoms with van der Waals surface area (Å²) < 4.78 is 7.49. The molecule has 1 atom stereocenters. The fourth-order valence-electron chi connectivity index (χ4n) is 3.78. The normalized spacial score (nSPS) is 16.2. The molecule has 0 saturated heterocycles. The summed E-state index contributed by atoms with van der Waals surface area (Å²) in [6, 6.07) is 11.2. The third-order valence-electron chi connectivity index (χ3n) is 5.42. The Balaban J connectivity index is 1.94. The van der Waals surface area contributed by atoms with E-state index in [1.165, 1.54) is 16.9 Å². The molecule has 1 aliphatic rings. The fraction of sp³-hybridized carbons (Fsp3) is 0.280. The molecule has 164 valence electrons. The Kier molecular flexibility index (Phi) is 6.19. The predicted octanol–water partition coefficient (Wildman–Crippen LogP) is 3.32. The zero-order valence-corrected chi connectivity index (χ0v) is 19.3. The number of hydrogen-bond donors (Lipinski definition) is 0. The predicted molar refractivity (Wildman–Crippen MR) is 125 cm³/mol. The first kappa shape index (κ1) is 21.9. The average molecular weight is 448 g/mol. The number of benzene rings is 1. The van der Waals surface area contributed by atoms with Gasteiger partial charge in [0.15, 0.2) is 4.80 Å². The highest BCUT2D eigenvalue weighted by atomic mass is 32.1. The summed E-state index contributed by atoms with van der Waals surface area (Å²) in [5.41, 5.74) is 3.64. The lowest BCUT2D eigenvalue weighted by atomic mass is 9.93. The van der Waals surface area contributed by atoms with E-state index in [4.69, 9.17) is 4.74 Å². The summed E-state index contributed by atoms with van der Waals surface area (Å²) in [6.45, 7) is 8.07. The number of esters is 1. The maximum atomic E-state index is 13.5. The number of nitrogens with zero attached hydrogens (tertiary/aromatic N) is 3. The van der Waals surface area contributed by atoms with Gasteiger partial charge in [0.25, 0.3) is 5.56 Å². The standard InChI is InChI=1S/C25H25N3O3S/c1-5-31-24(30)21-16(4)27-25-28(22(21)19-10-8-18(9-11-19)15(2)3)23(29)20(32-25)13-17-7-6-12-26-14-17/h6-15,22H,5H2,1-4H3/b20-13+. The Bertz CT molecular complexity index is 1350. The van der Waals surface area contributed by atoms with Crippen LogP contribution in [0, 0.1) is 0 Å². The van der Waals surface area contributed by atoms with Crippen molar-refractivity contribution in [1.82, 2.24) is 9.55 Å². The van der Waals surface area contributed by atoms with E-state index in [0.29, 0.717) is 26.5 Å². The largest absolute Gasteiger partial charge is 0.463 e. The van der Waals surface area contributed by atoms with Crippen LogP contribution in [0.4, 0.5) is 0 Å². The summed E-state index contributed by atoms with van der Waals surface area (Å²) in [6.07, 6.45) is 5.20. The van der Waals surface area contributed by atoms with E-state index in [0.717, 1.165) is 11.1 Å². The summed E-state index contributed by atoms with van der Waals surface area (Å²) in [4.78, 5) is 35.7. The van der Waals surface area contributed by atoms with Gasteiger partial charge in [-0.3, -0.25) is 14.3 Å². The van der Waals surface area contributed by atoms with Crippen molar-refractivity contribution in [1.29, 1.82) is 0 Å². The topological polar surface area (TPSA) is 73.6 Å². The van der Waals surface area contributed by atoms with Crippen molar-refractivity contribution in [2.75, 3.05) is 6.61 Å². The molecule has 1 aromatic carbocycles. The van der Waals surface area contributed by atoms with Gasteiger partial charge in [0.1, 0.15) is 0 Å². The van der Waals surface area contributed by atoms with Crippen LogP contribution in [0.5, 0.6) is 0 Å².